The molecule has 0 spiro atoms. The number of carbonyl (C=O) groups excluding carboxylic acids is 1. The van der Waals surface area contributed by atoms with Crippen molar-refractivity contribution in [3.05, 3.63) is 5.82 Å². The molecule has 0 aromatic carbocycles. The lowest BCUT2D eigenvalue weighted by Crippen LogP contribution is -2.19. The molecule has 0 radical (unpaired) electrons. The molecule has 22 heavy (non-hydrogen) atoms. The van der Waals surface area contributed by atoms with Crippen molar-refractivity contribution in [3.8, 4) is 0 Å². The Morgan fingerprint density at radius 3 is 2.77 bits per heavy atom. The van der Waals surface area contributed by atoms with Crippen molar-refractivity contribution in [2.24, 2.45) is 5.73 Å². The fraction of sp³-hybridized carbons (Fsp3) is 0.800. The highest BCUT2D eigenvalue weighted by molar-refractivity contribution is 7.99. The second kappa shape index (κ2) is 7.46. The van der Waals surface area contributed by atoms with E-state index >= 15 is 0 Å². The molecule has 1 saturated carbocycles. The highest BCUT2D eigenvalue weighted by Gasteiger charge is 2.24. The number of primary amides is 1. The van der Waals surface area contributed by atoms with Crippen LogP contribution in [0.15, 0.2) is 5.16 Å². The molecule has 1 aromatic rings. The molecule has 2 fully saturated rings. The van der Waals surface area contributed by atoms with E-state index in [4.69, 9.17) is 10.5 Å². The molecule has 1 atom stereocenters. The van der Waals surface area contributed by atoms with Crippen LogP contribution in [0.3, 0.4) is 0 Å². The van der Waals surface area contributed by atoms with E-state index in [1.54, 1.807) is 0 Å². The number of hydrogen-bond acceptors (Lipinski definition) is 5. The molecule has 122 valence electrons. The number of thioether (sulfide) groups is 1. The van der Waals surface area contributed by atoms with Crippen molar-refractivity contribution in [3.63, 3.8) is 0 Å². The van der Waals surface area contributed by atoms with Gasteiger partial charge in [-0.2, -0.15) is 0 Å². The Bertz CT molecular complexity index is 508. The zero-order chi connectivity index (χ0) is 15.4. The number of hydrogen-bond donors (Lipinski definition) is 1. The van der Waals surface area contributed by atoms with Gasteiger partial charge in [-0.3, -0.25) is 4.79 Å². The van der Waals surface area contributed by atoms with E-state index in [-0.39, 0.29) is 12.0 Å². The van der Waals surface area contributed by atoms with Crippen LogP contribution in [0.1, 0.15) is 50.8 Å². The van der Waals surface area contributed by atoms with Crippen molar-refractivity contribution in [2.45, 2.75) is 74.4 Å². The molecule has 0 bridgehead atoms. The van der Waals surface area contributed by atoms with Gasteiger partial charge in [0.15, 0.2) is 5.16 Å². The van der Waals surface area contributed by atoms with Crippen LogP contribution >= 0.6 is 11.8 Å². The van der Waals surface area contributed by atoms with Gasteiger partial charge in [0.1, 0.15) is 5.82 Å². The molecule has 1 aliphatic heterocycles. The first-order valence-electron chi connectivity index (χ1n) is 8.21. The average Bonchev–Trinajstić information content (AvgIpc) is 3.22. The summed E-state index contributed by atoms with van der Waals surface area (Å²) < 4.78 is 7.91. The van der Waals surface area contributed by atoms with Gasteiger partial charge in [-0.1, -0.05) is 24.6 Å². The van der Waals surface area contributed by atoms with Crippen molar-refractivity contribution < 1.29 is 9.53 Å². The summed E-state index contributed by atoms with van der Waals surface area (Å²) in [4.78, 5) is 11.0. The summed E-state index contributed by atoms with van der Waals surface area (Å²) >= 11 is 1.83. The third kappa shape index (κ3) is 4.01. The summed E-state index contributed by atoms with van der Waals surface area (Å²) in [5.41, 5.74) is 5.27. The van der Waals surface area contributed by atoms with Gasteiger partial charge in [0, 0.05) is 24.7 Å². The summed E-state index contributed by atoms with van der Waals surface area (Å²) in [7, 11) is 0. The lowest BCUT2D eigenvalue weighted by Gasteiger charge is -2.16. The second-order valence-electron chi connectivity index (χ2n) is 6.14. The van der Waals surface area contributed by atoms with Crippen LogP contribution in [0.4, 0.5) is 0 Å². The third-order valence-corrected chi connectivity index (χ3v) is 5.69. The predicted molar refractivity (Wildman–Crippen MR) is 84.6 cm³/mol. The minimum absolute atomic E-state index is 0.242. The monoisotopic (exact) mass is 324 g/mol. The number of nitrogens with two attached hydrogens (primary N) is 1. The van der Waals surface area contributed by atoms with E-state index in [9.17, 15) is 4.79 Å². The molecule has 2 N–H and O–H groups in total. The van der Waals surface area contributed by atoms with Gasteiger partial charge in [0.25, 0.3) is 0 Å². The Morgan fingerprint density at radius 1 is 1.27 bits per heavy atom. The van der Waals surface area contributed by atoms with Gasteiger partial charge in [-0.05, 0) is 25.7 Å². The Morgan fingerprint density at radius 2 is 2.09 bits per heavy atom. The van der Waals surface area contributed by atoms with E-state index in [2.05, 4.69) is 14.8 Å². The van der Waals surface area contributed by atoms with Crippen LogP contribution < -0.4 is 5.73 Å². The fourth-order valence-corrected chi connectivity index (χ4v) is 4.42. The first-order chi connectivity index (χ1) is 10.7. The topological polar surface area (TPSA) is 83.0 Å². The molecule has 1 amide bonds. The molecule has 1 saturated heterocycles. The number of carbonyl (C=O) groups is 1. The maximum atomic E-state index is 11.0. The molecule has 6 nitrogen and oxygen atoms in total. The van der Waals surface area contributed by atoms with E-state index in [0.29, 0.717) is 18.1 Å². The SMILES string of the molecule is NC(=O)CCc1nnc(SC2CCCC2)n1CC1CCCO1. The molecule has 2 heterocycles. The Kier molecular flexibility index (Phi) is 5.36. The van der Waals surface area contributed by atoms with Crippen molar-refractivity contribution in [1.82, 2.24) is 14.8 Å². The van der Waals surface area contributed by atoms with Crippen LogP contribution in [-0.2, 0) is 22.5 Å². The van der Waals surface area contributed by atoms with Gasteiger partial charge < -0.3 is 15.0 Å². The number of rotatable bonds is 7. The quantitative estimate of drug-likeness (QED) is 0.828. The highest BCUT2D eigenvalue weighted by atomic mass is 32.2. The molecular weight excluding hydrogens is 300 g/mol. The predicted octanol–water partition coefficient (Wildman–Crippen LogP) is 1.91. The van der Waals surface area contributed by atoms with Crippen molar-refractivity contribution >= 4 is 17.7 Å². The third-order valence-electron chi connectivity index (χ3n) is 4.37. The maximum Gasteiger partial charge on any atom is 0.217 e. The zero-order valence-corrected chi connectivity index (χ0v) is 13.7. The Labute approximate surface area is 135 Å². The minimum atomic E-state index is -0.295. The van der Waals surface area contributed by atoms with Crippen LogP contribution in [0, 0.1) is 0 Å². The molecule has 7 heteroatoms. The fourth-order valence-electron chi connectivity index (χ4n) is 3.16. The normalized spacial score (nSPS) is 22.5. The van der Waals surface area contributed by atoms with Gasteiger partial charge >= 0.3 is 0 Å². The number of aryl methyl sites for hydroxylation is 1. The van der Waals surface area contributed by atoms with Gasteiger partial charge in [-0.25, -0.2) is 0 Å². The van der Waals surface area contributed by atoms with Crippen LogP contribution in [-0.4, -0.2) is 38.6 Å². The first-order valence-corrected chi connectivity index (χ1v) is 9.09. The lowest BCUT2D eigenvalue weighted by molar-refractivity contribution is -0.118. The molecule has 3 rings (SSSR count). The second-order valence-corrected chi connectivity index (χ2v) is 7.40. The van der Waals surface area contributed by atoms with Crippen LogP contribution in [0.2, 0.25) is 0 Å². The largest absolute Gasteiger partial charge is 0.376 e. The minimum Gasteiger partial charge on any atom is -0.376 e. The summed E-state index contributed by atoms with van der Waals surface area (Å²) in [6, 6.07) is 0. The smallest absolute Gasteiger partial charge is 0.217 e. The lowest BCUT2D eigenvalue weighted by atomic mass is 10.2. The first kappa shape index (κ1) is 15.8. The van der Waals surface area contributed by atoms with Crippen molar-refractivity contribution in [1.29, 1.82) is 0 Å². The maximum absolute atomic E-state index is 11.0. The highest BCUT2D eigenvalue weighted by Crippen LogP contribution is 2.34. The Balaban J connectivity index is 1.72. The van der Waals surface area contributed by atoms with Crippen LogP contribution in [0.25, 0.3) is 0 Å². The molecule has 1 aromatic heterocycles. The number of amides is 1. The van der Waals surface area contributed by atoms with E-state index in [1.165, 1.54) is 25.7 Å². The van der Waals surface area contributed by atoms with Gasteiger partial charge in [0.2, 0.25) is 5.91 Å². The molecular formula is C15H24N4O2S. The van der Waals surface area contributed by atoms with E-state index < -0.39 is 0 Å². The Hall–Kier alpha value is -1.08. The van der Waals surface area contributed by atoms with E-state index in [0.717, 1.165) is 37.0 Å². The average molecular weight is 324 g/mol. The summed E-state index contributed by atoms with van der Waals surface area (Å²) in [5.74, 6) is 0.562. The summed E-state index contributed by atoms with van der Waals surface area (Å²) in [6.45, 7) is 1.63. The number of aromatic nitrogens is 3. The summed E-state index contributed by atoms with van der Waals surface area (Å²) in [5, 5.41) is 10.3. The number of ether oxygens (including phenoxy) is 1. The molecule has 1 unspecified atom stereocenters. The van der Waals surface area contributed by atoms with Gasteiger partial charge in [-0.15, -0.1) is 10.2 Å². The van der Waals surface area contributed by atoms with Crippen molar-refractivity contribution in [2.75, 3.05) is 6.61 Å². The number of nitrogens with zero attached hydrogens (tertiary/aromatic N) is 3. The van der Waals surface area contributed by atoms with E-state index in [1.807, 2.05) is 11.8 Å². The van der Waals surface area contributed by atoms with Crippen LogP contribution in [0.5, 0.6) is 0 Å². The van der Waals surface area contributed by atoms with Gasteiger partial charge in [0.05, 0.1) is 12.6 Å². The summed E-state index contributed by atoms with van der Waals surface area (Å²) in [6.07, 6.45) is 8.46. The zero-order valence-electron chi connectivity index (χ0n) is 12.9. The standard InChI is InChI=1S/C15H24N4O2S/c16-13(20)7-8-14-17-18-15(22-12-5-1-2-6-12)19(14)10-11-4-3-9-21-11/h11-12H,1-10H2,(H2,16,20). The molecule has 1 aliphatic carbocycles. The molecule has 2 aliphatic rings.